The number of aryl methyl sites for hydroxylation is 1. The SMILES string of the molecule is CCCc1nn(-c2ccc(F)cc2)c(OC(C)=O)c1-c1ccc(NC(=O)c2ccc(OC)cc2)cc1. The fourth-order valence-corrected chi connectivity index (χ4v) is 3.80. The van der Waals surface area contributed by atoms with Crippen LogP contribution in [0.5, 0.6) is 11.6 Å². The number of carbonyl (C=O) groups is 2. The first-order chi connectivity index (χ1) is 17.4. The van der Waals surface area contributed by atoms with E-state index in [1.54, 1.807) is 55.6 Å². The van der Waals surface area contributed by atoms with Gasteiger partial charge in [-0.25, -0.2) is 4.39 Å². The van der Waals surface area contributed by atoms with Crippen LogP contribution in [0.4, 0.5) is 10.1 Å². The Morgan fingerprint density at radius 3 is 2.22 bits per heavy atom. The standard InChI is InChI=1S/C28H26FN3O4/c1-4-5-25-26(28(36-18(2)33)32(31-25)23-14-10-21(29)11-15-23)19-6-12-22(13-7-19)30-27(34)20-8-16-24(35-3)17-9-20/h6-17H,4-5H2,1-3H3,(H,30,34). The van der Waals surface area contributed by atoms with Gasteiger partial charge in [-0.05, 0) is 72.6 Å². The van der Waals surface area contributed by atoms with Crippen LogP contribution >= 0.6 is 0 Å². The molecule has 4 aromatic rings. The fourth-order valence-electron chi connectivity index (χ4n) is 3.80. The summed E-state index contributed by atoms with van der Waals surface area (Å²) in [6, 6.07) is 19.9. The van der Waals surface area contributed by atoms with Crippen LogP contribution in [0.1, 0.15) is 36.3 Å². The van der Waals surface area contributed by atoms with Crippen molar-refractivity contribution in [3.8, 4) is 28.4 Å². The zero-order chi connectivity index (χ0) is 25.7. The number of halogens is 1. The van der Waals surface area contributed by atoms with E-state index in [1.807, 2.05) is 19.1 Å². The van der Waals surface area contributed by atoms with Crippen molar-refractivity contribution in [1.29, 1.82) is 0 Å². The molecule has 0 fully saturated rings. The highest BCUT2D eigenvalue weighted by Gasteiger charge is 2.23. The number of hydrogen-bond donors (Lipinski definition) is 1. The average molecular weight is 488 g/mol. The maximum atomic E-state index is 13.5. The molecule has 0 aliphatic heterocycles. The number of esters is 1. The van der Waals surface area contributed by atoms with Crippen molar-refractivity contribution in [3.05, 3.63) is 89.9 Å². The van der Waals surface area contributed by atoms with E-state index in [4.69, 9.17) is 14.6 Å². The normalized spacial score (nSPS) is 10.7. The topological polar surface area (TPSA) is 82.5 Å². The van der Waals surface area contributed by atoms with E-state index in [1.165, 1.54) is 23.7 Å². The van der Waals surface area contributed by atoms with E-state index in [0.29, 0.717) is 34.7 Å². The van der Waals surface area contributed by atoms with Crippen LogP contribution < -0.4 is 14.8 Å². The van der Waals surface area contributed by atoms with Gasteiger partial charge in [-0.3, -0.25) is 9.59 Å². The lowest BCUT2D eigenvalue weighted by Crippen LogP contribution is -2.11. The smallest absolute Gasteiger partial charge is 0.309 e. The molecule has 1 aromatic heterocycles. The molecule has 184 valence electrons. The lowest BCUT2D eigenvalue weighted by atomic mass is 10.0. The van der Waals surface area contributed by atoms with Gasteiger partial charge in [-0.2, -0.15) is 9.78 Å². The first-order valence-electron chi connectivity index (χ1n) is 11.5. The predicted molar refractivity (Wildman–Crippen MR) is 135 cm³/mol. The van der Waals surface area contributed by atoms with Crippen LogP contribution in [0.3, 0.4) is 0 Å². The summed E-state index contributed by atoms with van der Waals surface area (Å²) in [5, 5.41) is 7.57. The van der Waals surface area contributed by atoms with E-state index < -0.39 is 5.97 Å². The molecule has 0 saturated heterocycles. The summed E-state index contributed by atoms with van der Waals surface area (Å²) < 4.78 is 25.8. The molecule has 0 atom stereocenters. The second kappa shape index (κ2) is 10.9. The van der Waals surface area contributed by atoms with Gasteiger partial charge < -0.3 is 14.8 Å². The van der Waals surface area contributed by atoms with Crippen LogP contribution in [0, 0.1) is 5.82 Å². The summed E-state index contributed by atoms with van der Waals surface area (Å²) in [6.07, 6.45) is 1.47. The van der Waals surface area contributed by atoms with Gasteiger partial charge in [0, 0.05) is 18.2 Å². The maximum absolute atomic E-state index is 13.5. The maximum Gasteiger partial charge on any atom is 0.309 e. The van der Waals surface area contributed by atoms with Crippen molar-refractivity contribution in [2.24, 2.45) is 0 Å². The number of amides is 1. The van der Waals surface area contributed by atoms with Crippen molar-refractivity contribution in [1.82, 2.24) is 9.78 Å². The molecular formula is C28H26FN3O4. The van der Waals surface area contributed by atoms with Gasteiger partial charge >= 0.3 is 5.97 Å². The Hall–Kier alpha value is -4.46. The number of aromatic nitrogens is 2. The van der Waals surface area contributed by atoms with E-state index in [0.717, 1.165) is 17.7 Å². The van der Waals surface area contributed by atoms with Crippen LogP contribution in [-0.2, 0) is 11.2 Å². The highest BCUT2D eigenvalue weighted by atomic mass is 19.1. The van der Waals surface area contributed by atoms with Crippen molar-refractivity contribution in [2.45, 2.75) is 26.7 Å². The molecular weight excluding hydrogens is 461 g/mol. The van der Waals surface area contributed by atoms with Crippen LogP contribution in [0.15, 0.2) is 72.8 Å². The minimum absolute atomic E-state index is 0.248. The van der Waals surface area contributed by atoms with Gasteiger partial charge in [0.25, 0.3) is 5.91 Å². The fraction of sp³-hybridized carbons (Fsp3) is 0.179. The average Bonchev–Trinajstić information content (AvgIpc) is 3.22. The van der Waals surface area contributed by atoms with E-state index >= 15 is 0 Å². The molecule has 7 nitrogen and oxygen atoms in total. The lowest BCUT2D eigenvalue weighted by Gasteiger charge is -2.10. The zero-order valence-electron chi connectivity index (χ0n) is 20.2. The number of ether oxygens (including phenoxy) is 2. The Balaban J connectivity index is 1.68. The summed E-state index contributed by atoms with van der Waals surface area (Å²) in [5.74, 6) is -0.190. The molecule has 1 heterocycles. The van der Waals surface area contributed by atoms with E-state index in [9.17, 15) is 14.0 Å². The van der Waals surface area contributed by atoms with Gasteiger partial charge in [0.1, 0.15) is 11.6 Å². The third-order valence-corrected chi connectivity index (χ3v) is 5.50. The number of rotatable bonds is 8. The molecule has 0 radical (unpaired) electrons. The minimum atomic E-state index is -0.495. The molecule has 36 heavy (non-hydrogen) atoms. The number of hydrogen-bond acceptors (Lipinski definition) is 5. The quantitative estimate of drug-likeness (QED) is 0.317. The zero-order valence-corrected chi connectivity index (χ0v) is 20.2. The molecule has 3 aromatic carbocycles. The summed E-state index contributed by atoms with van der Waals surface area (Å²) >= 11 is 0. The molecule has 1 N–H and O–H groups in total. The second-order valence-corrected chi connectivity index (χ2v) is 8.12. The van der Waals surface area contributed by atoms with Crippen molar-refractivity contribution in [3.63, 3.8) is 0 Å². The molecule has 0 spiro atoms. The summed E-state index contributed by atoms with van der Waals surface area (Å²) in [7, 11) is 1.57. The highest BCUT2D eigenvalue weighted by molar-refractivity contribution is 6.04. The Labute approximate surface area is 208 Å². The molecule has 8 heteroatoms. The Morgan fingerprint density at radius 2 is 1.64 bits per heavy atom. The number of anilines is 1. The molecule has 0 aliphatic rings. The molecule has 0 saturated carbocycles. The van der Waals surface area contributed by atoms with Gasteiger partial charge in [0.15, 0.2) is 0 Å². The number of methoxy groups -OCH3 is 1. The molecule has 1 amide bonds. The number of nitrogens with zero attached hydrogens (tertiary/aromatic N) is 2. The Kier molecular flexibility index (Phi) is 7.44. The summed E-state index contributed by atoms with van der Waals surface area (Å²) in [6.45, 7) is 3.35. The van der Waals surface area contributed by atoms with E-state index in [-0.39, 0.29) is 17.6 Å². The lowest BCUT2D eigenvalue weighted by molar-refractivity contribution is -0.132. The van der Waals surface area contributed by atoms with E-state index in [2.05, 4.69) is 5.32 Å². The Morgan fingerprint density at radius 1 is 0.972 bits per heavy atom. The summed E-state index contributed by atoms with van der Waals surface area (Å²) in [5.41, 5.74) is 3.86. The first kappa shape index (κ1) is 24.7. The number of nitrogens with one attached hydrogen (secondary N) is 1. The monoisotopic (exact) mass is 487 g/mol. The third kappa shape index (κ3) is 5.43. The second-order valence-electron chi connectivity index (χ2n) is 8.12. The van der Waals surface area contributed by atoms with Crippen LogP contribution in [-0.4, -0.2) is 28.8 Å². The van der Waals surface area contributed by atoms with Crippen molar-refractivity contribution >= 4 is 17.6 Å². The van der Waals surface area contributed by atoms with Crippen LogP contribution in [0.2, 0.25) is 0 Å². The number of carbonyl (C=O) groups excluding carboxylic acids is 2. The number of benzene rings is 3. The first-order valence-corrected chi connectivity index (χ1v) is 11.5. The highest BCUT2D eigenvalue weighted by Crippen LogP contribution is 2.37. The van der Waals surface area contributed by atoms with Crippen molar-refractivity contribution < 1.29 is 23.5 Å². The minimum Gasteiger partial charge on any atom is -0.497 e. The van der Waals surface area contributed by atoms with Gasteiger partial charge in [-0.1, -0.05) is 25.5 Å². The van der Waals surface area contributed by atoms with Crippen molar-refractivity contribution in [2.75, 3.05) is 12.4 Å². The third-order valence-electron chi connectivity index (χ3n) is 5.50. The van der Waals surface area contributed by atoms with Crippen LogP contribution in [0.25, 0.3) is 16.8 Å². The molecule has 0 unspecified atom stereocenters. The van der Waals surface area contributed by atoms with Gasteiger partial charge in [0.2, 0.25) is 5.88 Å². The summed E-state index contributed by atoms with van der Waals surface area (Å²) in [4.78, 5) is 24.6. The largest absolute Gasteiger partial charge is 0.497 e. The Bertz CT molecular complexity index is 1360. The van der Waals surface area contributed by atoms with Gasteiger partial charge in [0.05, 0.1) is 24.1 Å². The molecule has 0 aliphatic carbocycles. The molecule has 0 bridgehead atoms. The predicted octanol–water partition coefficient (Wildman–Crippen LogP) is 5.82. The van der Waals surface area contributed by atoms with Gasteiger partial charge in [-0.15, -0.1) is 0 Å². The molecule has 4 rings (SSSR count).